The molecule has 1 amide bonds. The molecule has 2 aromatic carbocycles. The van der Waals surface area contributed by atoms with Gasteiger partial charge in [-0.15, -0.1) is 0 Å². The molecule has 0 aliphatic carbocycles. The molecule has 0 unspecified atom stereocenters. The summed E-state index contributed by atoms with van der Waals surface area (Å²) < 4.78 is 5.07. The molecule has 126 valence electrons. The highest BCUT2D eigenvalue weighted by Crippen LogP contribution is 2.24. The van der Waals surface area contributed by atoms with Crippen LogP contribution in [-0.4, -0.2) is 25.8 Å². The molecule has 0 bridgehead atoms. The minimum Gasteiger partial charge on any atom is -0.497 e. The second kappa shape index (κ2) is 9.15. The van der Waals surface area contributed by atoms with E-state index in [9.17, 15) is 4.79 Å². The number of rotatable bonds is 7. The van der Waals surface area contributed by atoms with Gasteiger partial charge in [-0.1, -0.05) is 52.6 Å². The highest BCUT2D eigenvalue weighted by Gasteiger charge is 2.03. The number of methoxy groups -OCH3 is 1. The number of nitrogens with zero attached hydrogens (tertiary/aromatic N) is 1. The van der Waals surface area contributed by atoms with Crippen molar-refractivity contribution in [2.24, 2.45) is 5.16 Å². The van der Waals surface area contributed by atoms with Crippen LogP contribution in [-0.2, 0) is 16.2 Å². The largest absolute Gasteiger partial charge is 0.497 e. The molecule has 0 radical (unpaired) electrons. The standard InChI is InChI=1S/C17H16Cl2N2O3/c1-23-14-7-5-12(6-8-14)9-20-16(22)11-24-21-10-13-3-2-4-15(18)17(13)19/h2-8,10H,9,11H2,1H3,(H,20,22)/b21-10-. The Hall–Kier alpha value is -2.24. The Morgan fingerprint density at radius 1 is 1.21 bits per heavy atom. The van der Waals surface area contributed by atoms with E-state index in [4.69, 9.17) is 32.8 Å². The molecule has 2 rings (SSSR count). The molecule has 0 saturated heterocycles. The topological polar surface area (TPSA) is 59.9 Å². The summed E-state index contributed by atoms with van der Waals surface area (Å²) in [6, 6.07) is 12.6. The van der Waals surface area contributed by atoms with Gasteiger partial charge in [0.2, 0.25) is 0 Å². The summed E-state index contributed by atoms with van der Waals surface area (Å²) in [5.74, 6) is 0.489. The molecule has 7 heteroatoms. The molecule has 5 nitrogen and oxygen atoms in total. The number of ether oxygens (including phenoxy) is 1. The van der Waals surface area contributed by atoms with Crippen molar-refractivity contribution in [1.29, 1.82) is 0 Å². The third kappa shape index (κ3) is 5.44. The van der Waals surface area contributed by atoms with Crippen LogP contribution in [0, 0.1) is 0 Å². The first-order valence-corrected chi connectivity index (χ1v) is 7.84. The lowest BCUT2D eigenvalue weighted by molar-refractivity contribution is -0.125. The number of amides is 1. The molecule has 0 atom stereocenters. The second-order valence-corrected chi connectivity index (χ2v) is 5.56. The number of carbonyl (C=O) groups is 1. The van der Waals surface area contributed by atoms with Crippen molar-refractivity contribution in [2.75, 3.05) is 13.7 Å². The maximum absolute atomic E-state index is 11.7. The first kappa shape index (κ1) is 18.1. The molecule has 2 aromatic rings. The quantitative estimate of drug-likeness (QED) is 0.600. The lowest BCUT2D eigenvalue weighted by Crippen LogP contribution is -2.26. The average molecular weight is 367 g/mol. The van der Waals surface area contributed by atoms with E-state index in [0.717, 1.165) is 11.3 Å². The predicted octanol–water partition coefficient (Wildman–Crippen LogP) is 3.67. The highest BCUT2D eigenvalue weighted by atomic mass is 35.5. The molecule has 0 spiro atoms. The Bertz CT molecular complexity index is 718. The molecule has 0 saturated carbocycles. The second-order valence-electron chi connectivity index (χ2n) is 4.78. The summed E-state index contributed by atoms with van der Waals surface area (Å²) in [6.45, 7) is 0.209. The van der Waals surface area contributed by atoms with Crippen LogP contribution in [0.15, 0.2) is 47.6 Å². The molecule has 0 aliphatic rings. The zero-order valence-electron chi connectivity index (χ0n) is 13.0. The SMILES string of the molecule is COc1ccc(CNC(=O)CO/N=C\c2cccc(Cl)c2Cl)cc1. The van der Waals surface area contributed by atoms with Gasteiger partial charge in [0.05, 0.1) is 23.4 Å². The lowest BCUT2D eigenvalue weighted by atomic mass is 10.2. The number of nitrogens with one attached hydrogen (secondary N) is 1. The Morgan fingerprint density at radius 2 is 1.96 bits per heavy atom. The number of benzene rings is 2. The monoisotopic (exact) mass is 366 g/mol. The van der Waals surface area contributed by atoms with Gasteiger partial charge in [0.1, 0.15) is 5.75 Å². The summed E-state index contributed by atoms with van der Waals surface area (Å²) >= 11 is 11.9. The minimum absolute atomic E-state index is 0.190. The fourth-order valence-corrected chi connectivity index (χ4v) is 2.16. The van der Waals surface area contributed by atoms with E-state index in [1.54, 1.807) is 25.3 Å². The van der Waals surface area contributed by atoms with Crippen LogP contribution in [0.25, 0.3) is 0 Å². The first-order chi connectivity index (χ1) is 11.6. The van der Waals surface area contributed by atoms with E-state index in [1.807, 2.05) is 24.3 Å². The number of halogens is 2. The molecule has 24 heavy (non-hydrogen) atoms. The van der Waals surface area contributed by atoms with E-state index in [2.05, 4.69) is 10.5 Å². The van der Waals surface area contributed by atoms with Crippen LogP contribution in [0.3, 0.4) is 0 Å². The van der Waals surface area contributed by atoms with Gasteiger partial charge in [-0.2, -0.15) is 0 Å². The summed E-state index contributed by atoms with van der Waals surface area (Å²) in [7, 11) is 1.60. The van der Waals surface area contributed by atoms with E-state index in [0.29, 0.717) is 22.2 Å². The molecule has 0 fully saturated rings. The Labute approximate surface area is 150 Å². The van der Waals surface area contributed by atoms with Crippen molar-refractivity contribution in [1.82, 2.24) is 5.32 Å². The third-order valence-electron chi connectivity index (χ3n) is 3.09. The van der Waals surface area contributed by atoms with Crippen molar-refractivity contribution in [2.45, 2.75) is 6.54 Å². The number of carbonyl (C=O) groups excluding carboxylic acids is 1. The fourth-order valence-electron chi connectivity index (χ4n) is 1.81. The van der Waals surface area contributed by atoms with Gasteiger partial charge < -0.3 is 14.9 Å². The van der Waals surface area contributed by atoms with Crippen molar-refractivity contribution < 1.29 is 14.4 Å². The Kier molecular flexibility index (Phi) is 6.90. The van der Waals surface area contributed by atoms with Crippen LogP contribution in [0.4, 0.5) is 0 Å². The predicted molar refractivity (Wildman–Crippen MR) is 94.8 cm³/mol. The van der Waals surface area contributed by atoms with Gasteiger partial charge >= 0.3 is 0 Å². The van der Waals surface area contributed by atoms with Gasteiger partial charge in [0.15, 0.2) is 6.61 Å². The van der Waals surface area contributed by atoms with Gasteiger partial charge in [-0.05, 0) is 23.8 Å². The van der Waals surface area contributed by atoms with Crippen LogP contribution >= 0.6 is 23.2 Å². The molecular formula is C17H16Cl2N2O3. The minimum atomic E-state index is -0.278. The van der Waals surface area contributed by atoms with Crippen molar-refractivity contribution in [3.8, 4) is 5.75 Å². The van der Waals surface area contributed by atoms with Crippen LogP contribution in [0.5, 0.6) is 5.75 Å². The molecular weight excluding hydrogens is 351 g/mol. The first-order valence-electron chi connectivity index (χ1n) is 7.09. The fraction of sp³-hybridized carbons (Fsp3) is 0.176. The van der Waals surface area contributed by atoms with Crippen LogP contribution < -0.4 is 10.1 Å². The van der Waals surface area contributed by atoms with Crippen LogP contribution in [0.2, 0.25) is 10.0 Å². The van der Waals surface area contributed by atoms with Gasteiger partial charge in [0, 0.05) is 12.1 Å². The normalized spacial score (nSPS) is 10.6. The maximum Gasteiger partial charge on any atom is 0.261 e. The zero-order valence-corrected chi connectivity index (χ0v) is 14.5. The van der Waals surface area contributed by atoms with E-state index < -0.39 is 0 Å². The van der Waals surface area contributed by atoms with Crippen molar-refractivity contribution in [3.05, 3.63) is 63.6 Å². The smallest absolute Gasteiger partial charge is 0.261 e. The van der Waals surface area contributed by atoms with Gasteiger partial charge in [-0.25, -0.2) is 0 Å². The molecule has 0 aromatic heterocycles. The zero-order chi connectivity index (χ0) is 17.4. The number of hydrogen-bond acceptors (Lipinski definition) is 4. The maximum atomic E-state index is 11.7. The van der Waals surface area contributed by atoms with Gasteiger partial charge in [-0.3, -0.25) is 4.79 Å². The summed E-state index contributed by atoms with van der Waals surface area (Å²) in [4.78, 5) is 16.6. The lowest BCUT2D eigenvalue weighted by Gasteiger charge is -2.05. The Morgan fingerprint density at radius 3 is 2.67 bits per heavy atom. The average Bonchev–Trinajstić information content (AvgIpc) is 2.60. The summed E-state index contributed by atoms with van der Waals surface area (Å²) in [5.41, 5.74) is 1.57. The number of oxime groups is 1. The van der Waals surface area contributed by atoms with Crippen LogP contribution in [0.1, 0.15) is 11.1 Å². The summed E-state index contributed by atoms with van der Waals surface area (Å²) in [6.07, 6.45) is 1.41. The summed E-state index contributed by atoms with van der Waals surface area (Å²) in [5, 5.41) is 7.26. The molecule has 0 aliphatic heterocycles. The highest BCUT2D eigenvalue weighted by molar-refractivity contribution is 6.43. The Balaban J connectivity index is 1.74. The molecule has 0 heterocycles. The third-order valence-corrected chi connectivity index (χ3v) is 3.93. The molecule has 1 N–H and O–H groups in total. The van der Waals surface area contributed by atoms with E-state index >= 15 is 0 Å². The van der Waals surface area contributed by atoms with Gasteiger partial charge in [0.25, 0.3) is 5.91 Å². The van der Waals surface area contributed by atoms with E-state index in [1.165, 1.54) is 6.21 Å². The van der Waals surface area contributed by atoms with Crippen molar-refractivity contribution >= 4 is 35.3 Å². The number of hydrogen-bond donors (Lipinski definition) is 1. The van der Waals surface area contributed by atoms with E-state index in [-0.39, 0.29) is 12.5 Å². The van der Waals surface area contributed by atoms with Crippen molar-refractivity contribution in [3.63, 3.8) is 0 Å².